The molecule has 0 bridgehead atoms. The van der Waals surface area contributed by atoms with Crippen molar-refractivity contribution in [1.29, 1.82) is 0 Å². The molecule has 0 fully saturated rings. The molecule has 3 rings (SSSR count). The number of hydrogen-bond acceptors (Lipinski definition) is 6. The zero-order chi connectivity index (χ0) is 21.3. The van der Waals surface area contributed by atoms with Gasteiger partial charge >= 0.3 is 0 Å². The molecule has 0 saturated carbocycles. The van der Waals surface area contributed by atoms with Crippen LogP contribution in [-0.4, -0.2) is 33.5 Å². The molecule has 1 N–H and O–H groups in total. The summed E-state index contributed by atoms with van der Waals surface area (Å²) in [6.45, 7) is 6.23. The molecule has 0 spiro atoms. The van der Waals surface area contributed by atoms with Crippen molar-refractivity contribution in [1.82, 2.24) is 14.8 Å². The summed E-state index contributed by atoms with van der Waals surface area (Å²) in [6.07, 6.45) is 1.41. The van der Waals surface area contributed by atoms with Gasteiger partial charge in [-0.3, -0.25) is 9.36 Å². The molecule has 7 nitrogen and oxygen atoms in total. The Bertz CT molecular complexity index is 991. The lowest BCUT2D eigenvalue weighted by atomic mass is 10.3. The van der Waals surface area contributed by atoms with E-state index >= 15 is 0 Å². The normalized spacial score (nSPS) is 11.5. The van der Waals surface area contributed by atoms with Gasteiger partial charge in [-0.2, -0.15) is 0 Å². The number of nitrogens with zero attached hydrogens (tertiary/aromatic N) is 3. The van der Waals surface area contributed by atoms with E-state index in [1.54, 1.807) is 13.2 Å². The van der Waals surface area contributed by atoms with Gasteiger partial charge in [0.05, 0.1) is 12.9 Å². The Morgan fingerprint density at radius 3 is 2.70 bits per heavy atom. The van der Waals surface area contributed by atoms with E-state index in [0.29, 0.717) is 29.0 Å². The number of ether oxygens (including phenoxy) is 2. The molecule has 1 aromatic heterocycles. The second-order valence-corrected chi connectivity index (χ2v) is 7.32. The number of allylic oxidation sites excluding steroid dienone is 1. The Hall–Kier alpha value is -3.26. The molecule has 1 atom stereocenters. The standard InChI is InChI=1S/C22H24N4O3S/c1-4-13-26-21(16(2)29-19-12-8-11-18(14-19)28-3)24-25-22(26)30-15-20(27)23-17-9-6-5-7-10-17/h4-12,14,16H,1,13,15H2,2-3H3,(H,23,27). The topological polar surface area (TPSA) is 78.3 Å². The van der Waals surface area contributed by atoms with Crippen molar-refractivity contribution in [2.24, 2.45) is 0 Å². The van der Waals surface area contributed by atoms with Crippen LogP contribution < -0.4 is 14.8 Å². The maximum Gasteiger partial charge on any atom is 0.234 e. The monoisotopic (exact) mass is 424 g/mol. The maximum atomic E-state index is 12.3. The number of thioether (sulfide) groups is 1. The van der Waals surface area contributed by atoms with E-state index in [1.165, 1.54) is 11.8 Å². The first-order chi connectivity index (χ1) is 14.6. The summed E-state index contributed by atoms with van der Waals surface area (Å²) in [5, 5.41) is 12.0. The molecule has 0 aliphatic heterocycles. The van der Waals surface area contributed by atoms with Crippen LogP contribution in [0.1, 0.15) is 18.9 Å². The zero-order valence-corrected chi connectivity index (χ0v) is 17.8. The molecule has 1 heterocycles. The van der Waals surface area contributed by atoms with Crippen LogP contribution in [0.4, 0.5) is 5.69 Å². The van der Waals surface area contributed by atoms with E-state index in [4.69, 9.17) is 9.47 Å². The van der Waals surface area contributed by atoms with Crippen molar-refractivity contribution < 1.29 is 14.3 Å². The molecule has 156 valence electrons. The number of aromatic nitrogens is 3. The Balaban J connectivity index is 1.67. The summed E-state index contributed by atoms with van der Waals surface area (Å²) >= 11 is 1.32. The van der Waals surface area contributed by atoms with Gasteiger partial charge in [-0.05, 0) is 31.2 Å². The molecule has 30 heavy (non-hydrogen) atoms. The van der Waals surface area contributed by atoms with E-state index in [1.807, 2.05) is 66.1 Å². The zero-order valence-electron chi connectivity index (χ0n) is 16.9. The Morgan fingerprint density at radius 2 is 1.97 bits per heavy atom. The minimum absolute atomic E-state index is 0.110. The highest BCUT2D eigenvalue weighted by molar-refractivity contribution is 7.99. The van der Waals surface area contributed by atoms with Gasteiger partial charge in [0, 0.05) is 18.3 Å². The molecule has 8 heteroatoms. The fourth-order valence-electron chi connectivity index (χ4n) is 2.79. The summed E-state index contributed by atoms with van der Waals surface area (Å²) in [7, 11) is 1.61. The molecule has 1 amide bonds. The van der Waals surface area contributed by atoms with Gasteiger partial charge in [0.2, 0.25) is 5.91 Å². The number of carbonyl (C=O) groups is 1. The number of amides is 1. The van der Waals surface area contributed by atoms with Crippen LogP contribution >= 0.6 is 11.8 Å². The van der Waals surface area contributed by atoms with Crippen LogP contribution in [0.3, 0.4) is 0 Å². The second kappa shape index (κ2) is 10.5. The van der Waals surface area contributed by atoms with E-state index in [0.717, 1.165) is 5.69 Å². The third kappa shape index (κ3) is 5.64. The van der Waals surface area contributed by atoms with Gasteiger partial charge in [-0.1, -0.05) is 42.1 Å². The first kappa shape index (κ1) is 21.4. The number of benzene rings is 2. The van der Waals surface area contributed by atoms with Gasteiger partial charge in [-0.15, -0.1) is 16.8 Å². The predicted octanol–water partition coefficient (Wildman–Crippen LogP) is 4.34. The van der Waals surface area contributed by atoms with Crippen molar-refractivity contribution in [2.45, 2.75) is 24.7 Å². The lowest BCUT2D eigenvalue weighted by Gasteiger charge is -2.16. The van der Waals surface area contributed by atoms with Crippen molar-refractivity contribution in [3.8, 4) is 11.5 Å². The number of para-hydroxylation sites is 1. The number of hydrogen-bond donors (Lipinski definition) is 1. The van der Waals surface area contributed by atoms with E-state index in [2.05, 4.69) is 22.1 Å². The molecule has 1 unspecified atom stereocenters. The minimum atomic E-state index is -0.350. The van der Waals surface area contributed by atoms with Crippen LogP contribution in [0.5, 0.6) is 11.5 Å². The third-order valence-electron chi connectivity index (χ3n) is 4.16. The van der Waals surface area contributed by atoms with Crippen LogP contribution in [-0.2, 0) is 11.3 Å². The van der Waals surface area contributed by atoms with Crippen LogP contribution in [0.15, 0.2) is 72.4 Å². The quantitative estimate of drug-likeness (QED) is 0.385. The first-order valence-corrected chi connectivity index (χ1v) is 10.4. The van der Waals surface area contributed by atoms with Gasteiger partial charge < -0.3 is 14.8 Å². The number of methoxy groups -OCH3 is 1. The number of anilines is 1. The predicted molar refractivity (Wildman–Crippen MR) is 118 cm³/mol. The van der Waals surface area contributed by atoms with E-state index in [-0.39, 0.29) is 17.8 Å². The molecule has 0 saturated heterocycles. The van der Waals surface area contributed by atoms with Crippen molar-refractivity contribution in [2.75, 3.05) is 18.2 Å². The van der Waals surface area contributed by atoms with Crippen molar-refractivity contribution in [3.05, 3.63) is 73.1 Å². The number of carbonyl (C=O) groups excluding carboxylic acids is 1. The number of rotatable bonds is 10. The van der Waals surface area contributed by atoms with Crippen LogP contribution in [0, 0.1) is 0 Å². The molecule has 0 aliphatic rings. The Morgan fingerprint density at radius 1 is 1.20 bits per heavy atom. The average Bonchev–Trinajstić information content (AvgIpc) is 3.16. The Labute approximate surface area is 180 Å². The summed E-state index contributed by atoms with van der Waals surface area (Å²) < 4.78 is 13.2. The minimum Gasteiger partial charge on any atom is -0.497 e. The first-order valence-electron chi connectivity index (χ1n) is 9.43. The molecule has 0 aliphatic carbocycles. The third-order valence-corrected chi connectivity index (χ3v) is 5.13. The van der Waals surface area contributed by atoms with Gasteiger partial charge in [0.15, 0.2) is 17.1 Å². The van der Waals surface area contributed by atoms with Gasteiger partial charge in [0.25, 0.3) is 0 Å². The average molecular weight is 425 g/mol. The summed E-state index contributed by atoms with van der Waals surface area (Å²) in [4.78, 5) is 12.3. The molecule has 2 aromatic carbocycles. The molecule has 0 radical (unpaired) electrons. The highest BCUT2D eigenvalue weighted by atomic mass is 32.2. The fourth-order valence-corrected chi connectivity index (χ4v) is 3.54. The van der Waals surface area contributed by atoms with E-state index < -0.39 is 0 Å². The van der Waals surface area contributed by atoms with Gasteiger partial charge in [0.1, 0.15) is 11.5 Å². The summed E-state index contributed by atoms with van der Waals surface area (Å²) in [5.41, 5.74) is 0.761. The van der Waals surface area contributed by atoms with E-state index in [9.17, 15) is 4.79 Å². The molecular weight excluding hydrogens is 400 g/mol. The molecule has 3 aromatic rings. The highest BCUT2D eigenvalue weighted by Crippen LogP contribution is 2.27. The van der Waals surface area contributed by atoms with Crippen molar-refractivity contribution >= 4 is 23.4 Å². The highest BCUT2D eigenvalue weighted by Gasteiger charge is 2.20. The largest absolute Gasteiger partial charge is 0.497 e. The summed E-state index contributed by atoms with van der Waals surface area (Å²) in [5.74, 6) is 2.15. The van der Waals surface area contributed by atoms with Crippen LogP contribution in [0.25, 0.3) is 0 Å². The maximum absolute atomic E-state index is 12.3. The lowest BCUT2D eigenvalue weighted by Crippen LogP contribution is -2.15. The molecular formula is C22H24N4O3S. The summed E-state index contributed by atoms with van der Waals surface area (Å²) in [6, 6.07) is 16.7. The smallest absolute Gasteiger partial charge is 0.234 e. The van der Waals surface area contributed by atoms with Crippen LogP contribution in [0.2, 0.25) is 0 Å². The Kier molecular flexibility index (Phi) is 7.51. The SMILES string of the molecule is C=CCn1c(SCC(=O)Nc2ccccc2)nnc1C(C)Oc1cccc(OC)c1. The number of nitrogens with one attached hydrogen (secondary N) is 1. The van der Waals surface area contributed by atoms with Gasteiger partial charge in [-0.25, -0.2) is 0 Å². The fraction of sp³-hybridized carbons (Fsp3) is 0.227. The lowest BCUT2D eigenvalue weighted by molar-refractivity contribution is -0.113. The second-order valence-electron chi connectivity index (χ2n) is 6.38. The van der Waals surface area contributed by atoms with Crippen molar-refractivity contribution in [3.63, 3.8) is 0 Å².